The highest BCUT2D eigenvalue weighted by atomic mass is 16.6. The molecule has 1 atom stereocenters. The van der Waals surface area contributed by atoms with Crippen molar-refractivity contribution >= 4 is 23.5 Å². The van der Waals surface area contributed by atoms with Crippen LogP contribution in [0.1, 0.15) is 63.0 Å². The summed E-state index contributed by atoms with van der Waals surface area (Å²) in [5, 5.41) is 3.13. The van der Waals surface area contributed by atoms with E-state index in [9.17, 15) is 9.59 Å². The van der Waals surface area contributed by atoms with Crippen LogP contribution in [0, 0.1) is 5.92 Å². The Morgan fingerprint density at radius 1 is 1.03 bits per heavy atom. The third-order valence-electron chi connectivity index (χ3n) is 7.02. The molecule has 0 bridgehead atoms. The summed E-state index contributed by atoms with van der Waals surface area (Å²) in [6.07, 6.45) is 15.0. The summed E-state index contributed by atoms with van der Waals surface area (Å²) >= 11 is 0. The van der Waals surface area contributed by atoms with Gasteiger partial charge in [0, 0.05) is 37.6 Å². The first-order valence-electron chi connectivity index (χ1n) is 11.5. The number of carbonyl (C=O) groups excluding carboxylic acids is 2. The molecule has 5 rings (SSSR count). The van der Waals surface area contributed by atoms with E-state index in [1.165, 1.54) is 0 Å². The van der Waals surface area contributed by atoms with Crippen LogP contribution in [0.5, 0.6) is 0 Å². The van der Waals surface area contributed by atoms with Gasteiger partial charge in [0.1, 0.15) is 17.2 Å². The molecule has 168 valence electrons. The Morgan fingerprint density at radius 3 is 2.56 bits per heavy atom. The SMILES string of the molecule is O=C1C[C@@H](C(=O)N2CCC(c3cncc(Nc4cnccn4)n3)CC2)C2(CCCCC2)O1. The van der Waals surface area contributed by atoms with Gasteiger partial charge in [-0.2, -0.15) is 0 Å². The molecule has 1 spiro atoms. The van der Waals surface area contributed by atoms with Gasteiger partial charge in [-0.25, -0.2) is 9.97 Å². The molecule has 3 aliphatic rings. The van der Waals surface area contributed by atoms with E-state index in [0.717, 1.165) is 50.6 Å². The van der Waals surface area contributed by atoms with E-state index in [0.29, 0.717) is 24.7 Å². The average molecular weight is 437 g/mol. The predicted molar refractivity (Wildman–Crippen MR) is 116 cm³/mol. The Bertz CT molecular complexity index is 971. The third-order valence-corrected chi connectivity index (χ3v) is 7.02. The number of nitrogens with one attached hydrogen (secondary N) is 1. The molecule has 2 saturated heterocycles. The van der Waals surface area contributed by atoms with Gasteiger partial charge in [-0.05, 0) is 38.5 Å². The number of nitrogens with zero attached hydrogens (tertiary/aromatic N) is 5. The highest BCUT2D eigenvalue weighted by molar-refractivity contribution is 5.88. The van der Waals surface area contributed by atoms with Crippen molar-refractivity contribution in [3.63, 3.8) is 0 Å². The quantitative estimate of drug-likeness (QED) is 0.729. The molecule has 0 radical (unpaired) electrons. The fourth-order valence-electron chi connectivity index (χ4n) is 5.35. The van der Waals surface area contributed by atoms with Crippen LogP contribution in [-0.2, 0) is 14.3 Å². The molecule has 9 nitrogen and oxygen atoms in total. The van der Waals surface area contributed by atoms with Gasteiger partial charge >= 0.3 is 5.97 Å². The summed E-state index contributed by atoms with van der Waals surface area (Å²) in [5.41, 5.74) is 0.351. The molecule has 3 fully saturated rings. The zero-order valence-corrected chi connectivity index (χ0v) is 18.1. The van der Waals surface area contributed by atoms with Crippen molar-refractivity contribution in [2.24, 2.45) is 5.92 Å². The van der Waals surface area contributed by atoms with Crippen LogP contribution in [0.15, 0.2) is 31.0 Å². The number of esters is 1. The molecule has 4 heterocycles. The molecule has 2 aromatic heterocycles. The second-order valence-electron chi connectivity index (χ2n) is 9.00. The fourth-order valence-corrected chi connectivity index (χ4v) is 5.35. The van der Waals surface area contributed by atoms with Gasteiger partial charge in [0.2, 0.25) is 5.91 Å². The maximum atomic E-state index is 13.4. The number of rotatable bonds is 4. The van der Waals surface area contributed by atoms with Crippen LogP contribution in [0.4, 0.5) is 11.6 Å². The molecule has 1 saturated carbocycles. The molecule has 0 unspecified atom stereocenters. The van der Waals surface area contributed by atoms with Crippen LogP contribution < -0.4 is 5.32 Å². The summed E-state index contributed by atoms with van der Waals surface area (Å²) in [4.78, 5) is 44.7. The molecule has 32 heavy (non-hydrogen) atoms. The smallest absolute Gasteiger partial charge is 0.307 e. The molecule has 1 aliphatic carbocycles. The topological polar surface area (TPSA) is 110 Å². The Labute approximate surface area is 187 Å². The van der Waals surface area contributed by atoms with Crippen molar-refractivity contribution in [3.8, 4) is 0 Å². The standard InChI is InChI=1S/C23H28N6O3/c30-21-12-17(23(32-21)6-2-1-3-7-23)22(31)29-10-4-16(5-11-29)18-13-25-15-20(27-18)28-19-14-24-8-9-26-19/h8-9,13-17H,1-7,10-12H2,(H,26,27,28)/t17-/m0/s1. The summed E-state index contributed by atoms with van der Waals surface area (Å²) in [6, 6.07) is 0. The van der Waals surface area contributed by atoms with Gasteiger partial charge in [0.25, 0.3) is 0 Å². The second-order valence-corrected chi connectivity index (χ2v) is 9.00. The first-order chi connectivity index (χ1) is 15.6. The minimum absolute atomic E-state index is 0.0837. The lowest BCUT2D eigenvalue weighted by Crippen LogP contribution is -2.49. The van der Waals surface area contributed by atoms with E-state index in [1.807, 2.05) is 4.90 Å². The number of likely N-dealkylation sites (tertiary alicyclic amines) is 1. The summed E-state index contributed by atoms with van der Waals surface area (Å²) in [5.74, 6) is 1.02. The molecule has 0 aromatic carbocycles. The van der Waals surface area contributed by atoms with Crippen LogP contribution in [0.2, 0.25) is 0 Å². The first-order valence-corrected chi connectivity index (χ1v) is 11.5. The minimum atomic E-state index is -0.560. The van der Waals surface area contributed by atoms with Gasteiger partial charge in [-0.15, -0.1) is 0 Å². The number of anilines is 2. The van der Waals surface area contributed by atoms with Crippen molar-refractivity contribution in [1.82, 2.24) is 24.8 Å². The van der Waals surface area contributed by atoms with E-state index in [4.69, 9.17) is 9.72 Å². The number of ether oxygens (including phenoxy) is 1. The van der Waals surface area contributed by atoms with Crippen LogP contribution in [0.3, 0.4) is 0 Å². The normalized spacial score (nSPS) is 23.2. The number of amides is 1. The van der Waals surface area contributed by atoms with Crippen LogP contribution >= 0.6 is 0 Å². The molecule has 1 amide bonds. The molecular weight excluding hydrogens is 408 g/mol. The number of carbonyl (C=O) groups is 2. The number of hydrogen-bond donors (Lipinski definition) is 1. The molecular formula is C23H28N6O3. The van der Waals surface area contributed by atoms with Crippen molar-refractivity contribution < 1.29 is 14.3 Å². The number of aromatic nitrogens is 4. The Hall–Kier alpha value is -3.10. The van der Waals surface area contributed by atoms with E-state index in [1.54, 1.807) is 31.0 Å². The summed E-state index contributed by atoms with van der Waals surface area (Å²) in [6.45, 7) is 1.32. The highest BCUT2D eigenvalue weighted by Gasteiger charge is 2.53. The lowest BCUT2D eigenvalue weighted by Gasteiger charge is -2.39. The summed E-state index contributed by atoms with van der Waals surface area (Å²) in [7, 11) is 0. The van der Waals surface area contributed by atoms with E-state index >= 15 is 0 Å². The predicted octanol–water partition coefficient (Wildman–Crippen LogP) is 2.98. The zero-order valence-electron chi connectivity index (χ0n) is 18.1. The largest absolute Gasteiger partial charge is 0.458 e. The van der Waals surface area contributed by atoms with Crippen LogP contribution in [0.25, 0.3) is 0 Å². The van der Waals surface area contributed by atoms with Crippen molar-refractivity contribution in [2.45, 2.75) is 62.9 Å². The van der Waals surface area contributed by atoms with Gasteiger partial charge in [-0.3, -0.25) is 19.6 Å². The van der Waals surface area contributed by atoms with Crippen LogP contribution in [-0.4, -0.2) is 55.4 Å². The molecule has 2 aromatic rings. The third kappa shape index (κ3) is 4.16. The lowest BCUT2D eigenvalue weighted by atomic mass is 9.75. The first kappa shape index (κ1) is 20.8. The number of piperidine rings is 1. The fraction of sp³-hybridized carbons (Fsp3) is 0.565. The Balaban J connectivity index is 1.22. The molecule has 2 aliphatic heterocycles. The van der Waals surface area contributed by atoms with E-state index in [2.05, 4.69) is 20.3 Å². The van der Waals surface area contributed by atoms with Crippen molar-refractivity contribution in [2.75, 3.05) is 18.4 Å². The van der Waals surface area contributed by atoms with Gasteiger partial charge in [0.05, 0.1) is 30.4 Å². The molecule has 9 heteroatoms. The minimum Gasteiger partial charge on any atom is -0.458 e. The van der Waals surface area contributed by atoms with E-state index < -0.39 is 5.60 Å². The average Bonchev–Trinajstić information content (AvgIpc) is 3.15. The number of hydrogen-bond acceptors (Lipinski definition) is 8. The Kier molecular flexibility index (Phi) is 5.71. The lowest BCUT2D eigenvalue weighted by molar-refractivity contribution is -0.156. The summed E-state index contributed by atoms with van der Waals surface area (Å²) < 4.78 is 5.75. The van der Waals surface area contributed by atoms with Gasteiger partial charge in [-0.1, -0.05) is 6.42 Å². The van der Waals surface area contributed by atoms with Gasteiger partial charge < -0.3 is 15.0 Å². The van der Waals surface area contributed by atoms with Crippen molar-refractivity contribution in [1.29, 1.82) is 0 Å². The zero-order chi connectivity index (χ0) is 22.0. The Morgan fingerprint density at radius 2 is 1.81 bits per heavy atom. The maximum absolute atomic E-state index is 13.4. The maximum Gasteiger partial charge on any atom is 0.307 e. The van der Waals surface area contributed by atoms with Gasteiger partial charge in [0.15, 0.2) is 0 Å². The second kappa shape index (κ2) is 8.80. The van der Waals surface area contributed by atoms with E-state index in [-0.39, 0.29) is 30.1 Å². The molecule has 1 N–H and O–H groups in total. The monoisotopic (exact) mass is 436 g/mol. The van der Waals surface area contributed by atoms with Crippen molar-refractivity contribution in [3.05, 3.63) is 36.7 Å². The highest BCUT2D eigenvalue weighted by Crippen LogP contribution is 2.45.